The van der Waals surface area contributed by atoms with Crippen molar-refractivity contribution in [1.82, 2.24) is 0 Å². The number of nitrogen functional groups attached to an aromatic ring is 1. The quantitative estimate of drug-likeness (QED) is 0.756. The molecule has 0 saturated carbocycles. The van der Waals surface area contributed by atoms with Gasteiger partial charge in [-0.05, 0) is 35.7 Å². The number of nitrogens with two attached hydrogens (primary N) is 1. The molecule has 0 spiro atoms. The van der Waals surface area contributed by atoms with Crippen LogP contribution in [0.3, 0.4) is 0 Å². The molecule has 1 aliphatic rings. The van der Waals surface area contributed by atoms with E-state index in [1.807, 2.05) is 6.07 Å². The molecule has 0 unspecified atom stereocenters. The maximum atomic E-state index is 11.4. The number of carbonyl (C=O) groups is 1. The van der Waals surface area contributed by atoms with Gasteiger partial charge in [0.05, 0.1) is 12.3 Å². The third kappa shape index (κ3) is 2.83. The molecule has 0 saturated heterocycles. The highest BCUT2D eigenvalue weighted by atomic mass is 16.5. The minimum atomic E-state index is -0.00665. The number of anilines is 2. The van der Waals surface area contributed by atoms with Crippen LogP contribution in [0.4, 0.5) is 11.4 Å². The predicted molar refractivity (Wildman–Crippen MR) is 80.2 cm³/mol. The minimum Gasteiger partial charge on any atom is -0.455 e. The van der Waals surface area contributed by atoms with E-state index < -0.39 is 0 Å². The van der Waals surface area contributed by atoms with Crippen LogP contribution in [0.2, 0.25) is 0 Å². The summed E-state index contributed by atoms with van der Waals surface area (Å²) >= 11 is 0. The van der Waals surface area contributed by atoms with Gasteiger partial charge in [0.25, 0.3) is 0 Å². The molecule has 0 atom stereocenters. The number of amides is 1. The summed E-state index contributed by atoms with van der Waals surface area (Å²) in [6, 6.07) is 10.7. The maximum absolute atomic E-state index is 11.4. The van der Waals surface area contributed by atoms with Crippen LogP contribution in [-0.2, 0) is 17.8 Å². The van der Waals surface area contributed by atoms with Crippen molar-refractivity contribution in [2.75, 3.05) is 11.1 Å². The second-order valence-corrected chi connectivity index (χ2v) is 5.00. The zero-order valence-electron chi connectivity index (χ0n) is 11.4. The molecule has 4 N–H and O–H groups in total. The maximum Gasteiger partial charge on any atom is 0.224 e. The molecular weight excluding hydrogens is 268 g/mol. The van der Waals surface area contributed by atoms with E-state index in [0.717, 1.165) is 16.8 Å². The molecule has 0 aromatic heterocycles. The Balaban J connectivity index is 1.87. The van der Waals surface area contributed by atoms with E-state index in [1.165, 1.54) is 0 Å². The van der Waals surface area contributed by atoms with E-state index in [9.17, 15) is 4.79 Å². The Bertz CT molecular complexity index is 681. The molecule has 5 heteroatoms. The van der Waals surface area contributed by atoms with Crippen LogP contribution in [0.5, 0.6) is 11.5 Å². The predicted octanol–water partition coefficient (Wildman–Crippen LogP) is 2.44. The Morgan fingerprint density at radius 3 is 2.67 bits per heavy atom. The van der Waals surface area contributed by atoms with E-state index in [-0.39, 0.29) is 12.5 Å². The topological polar surface area (TPSA) is 84.6 Å². The Morgan fingerprint density at radius 1 is 1.19 bits per heavy atom. The number of carbonyl (C=O) groups excluding carboxylic acids is 1. The SMILES string of the molecule is Nc1cc2c(cc1Oc1ccc(CO)cc1)NC(=O)CC2. The lowest BCUT2D eigenvalue weighted by molar-refractivity contribution is -0.116. The normalized spacial score (nSPS) is 13.5. The molecule has 21 heavy (non-hydrogen) atoms. The van der Waals surface area contributed by atoms with Crippen LogP contribution < -0.4 is 15.8 Å². The summed E-state index contributed by atoms with van der Waals surface area (Å²) < 4.78 is 5.75. The number of aryl methyl sites for hydroxylation is 1. The third-order valence-electron chi connectivity index (χ3n) is 3.46. The first-order chi connectivity index (χ1) is 10.2. The molecule has 2 aromatic carbocycles. The van der Waals surface area contributed by atoms with Gasteiger partial charge in [0.15, 0.2) is 5.75 Å². The molecule has 1 amide bonds. The fourth-order valence-corrected chi connectivity index (χ4v) is 2.31. The van der Waals surface area contributed by atoms with Crippen molar-refractivity contribution in [2.45, 2.75) is 19.4 Å². The van der Waals surface area contributed by atoms with Gasteiger partial charge in [0.1, 0.15) is 5.75 Å². The van der Waals surface area contributed by atoms with Crippen molar-refractivity contribution in [3.8, 4) is 11.5 Å². The Hall–Kier alpha value is -2.53. The molecule has 2 aromatic rings. The Labute approximate surface area is 122 Å². The second-order valence-electron chi connectivity index (χ2n) is 5.00. The molecule has 1 heterocycles. The number of fused-ring (bicyclic) bond motifs is 1. The highest BCUT2D eigenvalue weighted by Crippen LogP contribution is 2.35. The second kappa shape index (κ2) is 5.46. The first-order valence-electron chi connectivity index (χ1n) is 6.75. The fraction of sp³-hybridized carbons (Fsp3) is 0.188. The molecule has 0 fully saturated rings. The molecule has 0 aliphatic carbocycles. The third-order valence-corrected chi connectivity index (χ3v) is 3.46. The number of hydrogen-bond acceptors (Lipinski definition) is 4. The van der Waals surface area contributed by atoms with Crippen molar-refractivity contribution in [3.05, 3.63) is 47.5 Å². The van der Waals surface area contributed by atoms with Crippen molar-refractivity contribution >= 4 is 17.3 Å². The summed E-state index contributed by atoms with van der Waals surface area (Å²) in [4.78, 5) is 11.4. The number of hydrogen-bond donors (Lipinski definition) is 3. The molecule has 108 valence electrons. The van der Waals surface area contributed by atoms with E-state index in [4.69, 9.17) is 15.6 Å². The average molecular weight is 284 g/mol. The number of nitrogens with one attached hydrogen (secondary N) is 1. The van der Waals surface area contributed by atoms with E-state index in [2.05, 4.69) is 5.32 Å². The summed E-state index contributed by atoms with van der Waals surface area (Å²) in [7, 11) is 0. The van der Waals surface area contributed by atoms with Gasteiger partial charge in [-0.2, -0.15) is 0 Å². The number of aliphatic hydroxyl groups excluding tert-OH is 1. The first kappa shape index (κ1) is 13.5. The zero-order chi connectivity index (χ0) is 14.8. The summed E-state index contributed by atoms with van der Waals surface area (Å²) in [6.07, 6.45) is 1.17. The van der Waals surface area contributed by atoms with Gasteiger partial charge < -0.3 is 20.9 Å². The smallest absolute Gasteiger partial charge is 0.224 e. The monoisotopic (exact) mass is 284 g/mol. The number of rotatable bonds is 3. The van der Waals surface area contributed by atoms with Crippen LogP contribution >= 0.6 is 0 Å². The molecular formula is C16H16N2O3. The van der Waals surface area contributed by atoms with Crippen molar-refractivity contribution in [2.24, 2.45) is 0 Å². The van der Waals surface area contributed by atoms with E-state index in [0.29, 0.717) is 30.0 Å². The number of benzene rings is 2. The van der Waals surface area contributed by atoms with Gasteiger partial charge >= 0.3 is 0 Å². The average Bonchev–Trinajstić information content (AvgIpc) is 2.49. The Kier molecular flexibility index (Phi) is 3.50. The van der Waals surface area contributed by atoms with Crippen LogP contribution in [0.1, 0.15) is 17.5 Å². The fourth-order valence-electron chi connectivity index (χ4n) is 2.31. The van der Waals surface area contributed by atoms with Crippen molar-refractivity contribution in [1.29, 1.82) is 0 Å². The number of ether oxygens (including phenoxy) is 1. The van der Waals surface area contributed by atoms with Gasteiger partial charge in [-0.1, -0.05) is 12.1 Å². The minimum absolute atomic E-state index is 0.00511. The van der Waals surface area contributed by atoms with Crippen LogP contribution in [-0.4, -0.2) is 11.0 Å². The zero-order valence-corrected chi connectivity index (χ0v) is 11.4. The van der Waals surface area contributed by atoms with Crippen LogP contribution in [0, 0.1) is 0 Å². The van der Waals surface area contributed by atoms with Gasteiger partial charge in [0.2, 0.25) is 5.91 Å². The van der Waals surface area contributed by atoms with Gasteiger partial charge in [-0.25, -0.2) is 0 Å². The molecule has 3 rings (SSSR count). The molecule has 1 aliphatic heterocycles. The van der Waals surface area contributed by atoms with Gasteiger partial charge in [-0.15, -0.1) is 0 Å². The lowest BCUT2D eigenvalue weighted by Gasteiger charge is -2.19. The van der Waals surface area contributed by atoms with Crippen LogP contribution in [0.25, 0.3) is 0 Å². The lowest BCUT2D eigenvalue weighted by Crippen LogP contribution is -2.19. The first-order valence-corrected chi connectivity index (χ1v) is 6.75. The highest BCUT2D eigenvalue weighted by Gasteiger charge is 2.17. The van der Waals surface area contributed by atoms with Crippen molar-refractivity contribution in [3.63, 3.8) is 0 Å². The van der Waals surface area contributed by atoms with Crippen molar-refractivity contribution < 1.29 is 14.6 Å². The van der Waals surface area contributed by atoms with Crippen LogP contribution in [0.15, 0.2) is 36.4 Å². The lowest BCUT2D eigenvalue weighted by atomic mass is 10.0. The van der Waals surface area contributed by atoms with E-state index in [1.54, 1.807) is 30.3 Å². The molecule has 0 radical (unpaired) electrons. The van der Waals surface area contributed by atoms with Gasteiger partial charge in [-0.3, -0.25) is 4.79 Å². The summed E-state index contributed by atoms with van der Waals surface area (Å²) in [5.74, 6) is 1.14. The Morgan fingerprint density at radius 2 is 1.95 bits per heavy atom. The standard InChI is InChI=1S/C16H16N2O3/c17-13-7-11-3-6-16(20)18-14(11)8-15(13)21-12-4-1-10(9-19)2-5-12/h1-2,4-5,7-8,19H,3,6,9,17H2,(H,18,20). The highest BCUT2D eigenvalue weighted by molar-refractivity contribution is 5.94. The number of aliphatic hydroxyl groups is 1. The van der Waals surface area contributed by atoms with E-state index >= 15 is 0 Å². The largest absolute Gasteiger partial charge is 0.455 e. The van der Waals surface area contributed by atoms with Gasteiger partial charge in [0, 0.05) is 18.2 Å². The summed E-state index contributed by atoms with van der Waals surface area (Å²) in [5, 5.41) is 11.8. The molecule has 0 bridgehead atoms. The summed E-state index contributed by atoms with van der Waals surface area (Å²) in [6.45, 7) is -0.00665. The molecule has 5 nitrogen and oxygen atoms in total. The summed E-state index contributed by atoms with van der Waals surface area (Å²) in [5.41, 5.74) is 9.13.